The second-order valence-corrected chi connectivity index (χ2v) is 8.93. The number of imidazole rings is 1. The predicted molar refractivity (Wildman–Crippen MR) is 149 cm³/mol. The van der Waals surface area contributed by atoms with Gasteiger partial charge in [-0.3, -0.25) is 14.4 Å². The summed E-state index contributed by atoms with van der Waals surface area (Å²) >= 11 is 0. The molecule has 6 nitrogen and oxygen atoms in total. The highest BCUT2D eigenvalue weighted by Crippen LogP contribution is 2.36. The Morgan fingerprint density at radius 3 is 1.86 bits per heavy atom. The molecule has 1 fully saturated rings. The van der Waals surface area contributed by atoms with Gasteiger partial charge in [0, 0.05) is 89.0 Å². The molecule has 0 radical (unpaired) electrons. The summed E-state index contributed by atoms with van der Waals surface area (Å²) in [6.07, 6.45) is 7.40. The number of benzene rings is 2. The monoisotopic (exact) mass is 743 g/mol. The summed E-state index contributed by atoms with van der Waals surface area (Å²) in [5.41, 5.74) is 5.37. The fraction of sp³-hybridized carbons (Fsp3) is 0.296. The van der Waals surface area contributed by atoms with Gasteiger partial charge in [0.25, 0.3) is 5.91 Å². The van der Waals surface area contributed by atoms with E-state index in [1.54, 1.807) is 23.4 Å². The maximum Gasteiger partial charge on any atom is 0.279 e. The molecule has 2 aliphatic rings. The van der Waals surface area contributed by atoms with E-state index in [1.807, 2.05) is 42.8 Å². The van der Waals surface area contributed by atoms with Gasteiger partial charge in [0.15, 0.2) is 0 Å². The highest BCUT2D eigenvalue weighted by Gasteiger charge is 2.42. The van der Waals surface area contributed by atoms with Crippen molar-refractivity contribution in [3.8, 4) is 5.69 Å². The van der Waals surface area contributed by atoms with Crippen LogP contribution in [0, 0.1) is 19.7 Å². The summed E-state index contributed by atoms with van der Waals surface area (Å²) < 4.78 is 128. The lowest BCUT2D eigenvalue weighted by Crippen LogP contribution is -2.51. The lowest BCUT2D eigenvalue weighted by Gasteiger charge is -2.40. The molecular formula is C27H29F16N5O. The minimum atomic E-state index is -0.279. The van der Waals surface area contributed by atoms with Gasteiger partial charge in [-0.25, -0.2) is 14.4 Å². The van der Waals surface area contributed by atoms with Crippen molar-refractivity contribution in [3.05, 3.63) is 88.9 Å². The molecule has 2 aromatic carbocycles. The standard InChI is InChI=1S/C27H28FN5O.7F2.FH/c1-4-12-31-13-11-25(21-6-8-22(28)9-7-21)33-26(34)23(30-27(31)33)15-20-5-10-24(18(2)14-20)32-16-19(3)29-17-32;7*1-2;/h5-10,14-17,25H,4,11-13H2,1-3H3;;;;;;;;1H/b23-15-;;;;;;;;/t25-;;;;;;;;/m0......../s1. The fourth-order valence-corrected chi connectivity index (χ4v) is 4.78. The van der Waals surface area contributed by atoms with Gasteiger partial charge in [0.05, 0.1) is 18.1 Å². The molecule has 1 saturated heterocycles. The van der Waals surface area contributed by atoms with E-state index in [0.717, 1.165) is 54.0 Å². The van der Waals surface area contributed by atoms with Crippen LogP contribution < -0.4 is 0 Å². The number of fused-ring (bicyclic) bond motifs is 1. The van der Waals surface area contributed by atoms with Crippen LogP contribution in [0.3, 0.4) is 0 Å². The minimum Gasteiger partial charge on any atom is -0.342 e. The van der Waals surface area contributed by atoms with Gasteiger partial charge in [0.1, 0.15) is 11.5 Å². The number of rotatable bonds is 5. The van der Waals surface area contributed by atoms with Crippen molar-refractivity contribution in [2.24, 2.45) is 4.99 Å². The molecule has 0 unspecified atom stereocenters. The Morgan fingerprint density at radius 2 is 1.39 bits per heavy atom. The number of aliphatic imine (C=N–C) groups is 1. The first-order valence-electron chi connectivity index (χ1n) is 12.7. The van der Waals surface area contributed by atoms with Gasteiger partial charge in [-0.2, -0.15) is 0 Å². The third kappa shape index (κ3) is 14.5. The van der Waals surface area contributed by atoms with E-state index >= 15 is 0 Å². The zero-order valence-corrected chi connectivity index (χ0v) is 25.4. The van der Waals surface area contributed by atoms with Gasteiger partial charge < -0.3 is 9.47 Å². The first kappa shape index (κ1) is 51.1. The minimum absolute atomic E-state index is 0. The fourth-order valence-electron chi connectivity index (χ4n) is 4.78. The third-order valence-corrected chi connectivity index (χ3v) is 6.40. The Hall–Kier alpha value is -4.79. The average molecular weight is 744 g/mol. The van der Waals surface area contributed by atoms with E-state index in [0.29, 0.717) is 11.7 Å². The molecule has 0 N–H and O–H groups in total. The van der Waals surface area contributed by atoms with Crippen LogP contribution >= 0.6 is 0 Å². The maximum absolute atomic E-state index is 13.6. The molecule has 0 saturated carbocycles. The lowest BCUT2D eigenvalue weighted by atomic mass is 9.99. The van der Waals surface area contributed by atoms with E-state index in [1.165, 1.54) is 12.1 Å². The number of halogens is 16. The highest BCUT2D eigenvalue weighted by molar-refractivity contribution is 6.14. The largest absolute Gasteiger partial charge is 0.342 e. The molecule has 0 aliphatic carbocycles. The lowest BCUT2D eigenvalue weighted by molar-refractivity contribution is -0.125. The van der Waals surface area contributed by atoms with Crippen LogP contribution in [0.4, 0.5) is 73.1 Å². The maximum atomic E-state index is 13.6. The van der Waals surface area contributed by atoms with Crippen molar-refractivity contribution in [1.82, 2.24) is 19.4 Å². The smallest absolute Gasteiger partial charge is 0.279 e. The summed E-state index contributed by atoms with van der Waals surface area (Å²) in [6, 6.07) is 12.4. The molecular weight excluding hydrogens is 714 g/mol. The third-order valence-electron chi connectivity index (χ3n) is 6.40. The zero-order valence-electron chi connectivity index (χ0n) is 25.4. The molecule has 0 bridgehead atoms. The number of aryl methyl sites for hydroxylation is 2. The van der Waals surface area contributed by atoms with Gasteiger partial charge in [-0.05, 0) is 73.7 Å². The Bertz CT molecular complexity index is 1330. The molecule has 2 aliphatic heterocycles. The van der Waals surface area contributed by atoms with Gasteiger partial charge in [-0.15, -0.1) is 0 Å². The van der Waals surface area contributed by atoms with Crippen LogP contribution in [-0.4, -0.2) is 44.3 Å². The molecule has 1 atom stereocenters. The van der Waals surface area contributed by atoms with Crippen LogP contribution in [0.1, 0.15) is 48.2 Å². The normalized spacial score (nSPS) is 14.1. The van der Waals surface area contributed by atoms with Gasteiger partial charge >= 0.3 is 0 Å². The molecule has 3 heterocycles. The molecule has 49 heavy (non-hydrogen) atoms. The number of hydrogen-bond donors (Lipinski definition) is 0. The number of amides is 1. The van der Waals surface area contributed by atoms with Crippen molar-refractivity contribution >= 4 is 17.9 Å². The van der Waals surface area contributed by atoms with Crippen LogP contribution in [0.25, 0.3) is 11.8 Å². The number of guanidine groups is 1. The molecule has 1 aromatic heterocycles. The second kappa shape index (κ2) is 30.5. The quantitative estimate of drug-likeness (QED) is 0.193. The number of hydrogen-bond acceptors (Lipinski definition) is 4. The second-order valence-electron chi connectivity index (χ2n) is 8.93. The van der Waals surface area contributed by atoms with Gasteiger partial charge in [0.2, 0.25) is 5.96 Å². The topological polar surface area (TPSA) is 53.7 Å². The molecule has 3 aromatic rings. The van der Waals surface area contributed by atoms with E-state index < -0.39 is 0 Å². The van der Waals surface area contributed by atoms with Crippen LogP contribution in [0.5, 0.6) is 0 Å². The summed E-state index contributed by atoms with van der Waals surface area (Å²) in [4.78, 5) is 26.6. The van der Waals surface area contributed by atoms with Crippen molar-refractivity contribution in [2.45, 2.75) is 39.7 Å². The van der Waals surface area contributed by atoms with Gasteiger partial charge in [-0.1, -0.05) is 25.1 Å². The first-order valence-corrected chi connectivity index (χ1v) is 12.7. The van der Waals surface area contributed by atoms with Crippen LogP contribution in [0.15, 0.2) is 65.7 Å². The zero-order chi connectivity index (χ0) is 37.8. The van der Waals surface area contributed by atoms with Crippen molar-refractivity contribution in [2.75, 3.05) is 13.1 Å². The summed E-state index contributed by atoms with van der Waals surface area (Å²) in [7, 11) is 0. The average Bonchev–Trinajstić information content (AvgIpc) is 3.74. The molecule has 0 spiro atoms. The van der Waals surface area contributed by atoms with E-state index in [4.69, 9.17) is 69.0 Å². The van der Waals surface area contributed by atoms with Crippen LogP contribution in [-0.2, 0) is 4.79 Å². The molecule has 22 heteroatoms. The van der Waals surface area contributed by atoms with Crippen molar-refractivity contribution in [3.63, 3.8) is 0 Å². The Kier molecular flexibility index (Phi) is 31.8. The summed E-state index contributed by atoms with van der Waals surface area (Å²) in [5, 5.41) is 0. The summed E-state index contributed by atoms with van der Waals surface area (Å²) in [5.74, 6) is 0.303. The van der Waals surface area contributed by atoms with Crippen molar-refractivity contribution in [1.29, 1.82) is 0 Å². The molecule has 5 rings (SSSR count). The number of nitrogens with zero attached hydrogens (tertiary/aromatic N) is 5. The number of aromatic nitrogens is 2. The number of carbonyl (C=O) groups excluding carboxylic acids is 1. The SMILES string of the molecule is CCCN1CC[C@@H](c2ccc(F)cc2)N2C(=O)/C(=C/c3ccc(-n4cnc(C)c4)c(C)c3)N=C12.F.FF.FF.FF.FF.FF.FF.FF. The Labute approximate surface area is 268 Å². The molecule has 280 valence electrons. The Morgan fingerprint density at radius 1 is 0.837 bits per heavy atom. The molecule has 1 amide bonds. The van der Waals surface area contributed by atoms with Crippen molar-refractivity contribution < 1.29 is 77.9 Å². The summed E-state index contributed by atoms with van der Waals surface area (Å²) in [6.45, 7) is 7.78. The van der Waals surface area contributed by atoms with E-state index in [9.17, 15) is 9.18 Å². The van der Waals surface area contributed by atoms with E-state index in [-0.39, 0.29) is 22.5 Å². The predicted octanol–water partition coefficient (Wildman–Crippen LogP) is 11.1. The highest BCUT2D eigenvalue weighted by atomic mass is 20.0. The number of carbonyl (C=O) groups is 1. The first-order chi connectivity index (χ1) is 23.4. The van der Waals surface area contributed by atoms with E-state index in [2.05, 4.69) is 22.9 Å². The van der Waals surface area contributed by atoms with Crippen LogP contribution in [0.2, 0.25) is 0 Å². The Balaban J connectivity index is -0.000000604.